The van der Waals surface area contributed by atoms with Crippen LogP contribution in [0.3, 0.4) is 0 Å². The molecule has 140 valence electrons. The molecule has 0 aliphatic carbocycles. The molecule has 0 saturated carbocycles. The lowest BCUT2D eigenvalue weighted by Crippen LogP contribution is -2.55. The van der Waals surface area contributed by atoms with Gasteiger partial charge in [0, 0.05) is 21.4 Å². The van der Waals surface area contributed by atoms with Crippen molar-refractivity contribution < 1.29 is 14.3 Å². The van der Waals surface area contributed by atoms with Gasteiger partial charge in [0.05, 0.1) is 12.2 Å². The number of carbonyl (C=O) groups excluding carboxylic acids is 2. The third-order valence-electron chi connectivity index (χ3n) is 4.23. The van der Waals surface area contributed by atoms with Crippen LogP contribution in [0.4, 0.5) is 5.00 Å². The summed E-state index contributed by atoms with van der Waals surface area (Å²) >= 11 is 1.47. The summed E-state index contributed by atoms with van der Waals surface area (Å²) in [5.41, 5.74) is 0.532. The van der Waals surface area contributed by atoms with Crippen LogP contribution in [-0.2, 0) is 21.5 Å². The van der Waals surface area contributed by atoms with E-state index >= 15 is 0 Å². The van der Waals surface area contributed by atoms with Crippen molar-refractivity contribution in [2.75, 3.05) is 11.9 Å². The van der Waals surface area contributed by atoms with Gasteiger partial charge >= 0.3 is 5.97 Å². The van der Waals surface area contributed by atoms with E-state index in [0.29, 0.717) is 23.6 Å². The van der Waals surface area contributed by atoms with E-state index in [0.717, 1.165) is 10.4 Å². The number of fused-ring (bicyclic) bond motifs is 1. The highest BCUT2D eigenvalue weighted by molar-refractivity contribution is 7.17. The molecule has 5 nitrogen and oxygen atoms in total. The molecule has 0 bridgehead atoms. The molecule has 0 saturated heterocycles. The van der Waals surface area contributed by atoms with Crippen LogP contribution in [0.5, 0.6) is 0 Å². The summed E-state index contributed by atoms with van der Waals surface area (Å²) in [6.45, 7) is 16.1. The van der Waals surface area contributed by atoms with Gasteiger partial charge in [0.1, 0.15) is 5.00 Å². The topological polar surface area (TPSA) is 67.4 Å². The number of nitrogens with one attached hydrogen (secondary N) is 2. The highest BCUT2D eigenvalue weighted by Gasteiger charge is 2.42. The van der Waals surface area contributed by atoms with Crippen molar-refractivity contribution in [2.45, 2.75) is 72.9 Å². The summed E-state index contributed by atoms with van der Waals surface area (Å²) < 4.78 is 5.29. The summed E-state index contributed by atoms with van der Waals surface area (Å²) in [6.07, 6.45) is 0.710. The molecule has 1 aromatic heterocycles. The Morgan fingerprint density at radius 1 is 1.24 bits per heavy atom. The van der Waals surface area contributed by atoms with Crippen molar-refractivity contribution in [1.29, 1.82) is 0 Å². The number of anilines is 1. The summed E-state index contributed by atoms with van der Waals surface area (Å²) in [5.74, 6) is -0.473. The molecule has 1 aliphatic rings. The van der Waals surface area contributed by atoms with Gasteiger partial charge in [-0.05, 0) is 46.6 Å². The second-order valence-corrected chi connectivity index (χ2v) is 9.87. The van der Waals surface area contributed by atoms with Crippen molar-refractivity contribution in [1.82, 2.24) is 5.32 Å². The van der Waals surface area contributed by atoms with Crippen molar-refractivity contribution in [3.05, 3.63) is 16.0 Å². The molecule has 6 heteroatoms. The molecule has 0 atom stereocenters. The third-order valence-corrected chi connectivity index (χ3v) is 5.70. The van der Waals surface area contributed by atoms with Crippen LogP contribution >= 0.6 is 11.3 Å². The Balaban J connectivity index is 2.59. The second-order valence-electron chi connectivity index (χ2n) is 8.85. The van der Waals surface area contributed by atoms with Crippen LogP contribution < -0.4 is 10.6 Å². The normalized spacial score (nSPS) is 18.4. The van der Waals surface area contributed by atoms with Crippen LogP contribution in [0.2, 0.25) is 0 Å². The molecule has 1 aromatic rings. The van der Waals surface area contributed by atoms with Gasteiger partial charge in [-0.3, -0.25) is 4.79 Å². The first-order chi connectivity index (χ1) is 11.3. The largest absolute Gasteiger partial charge is 0.462 e. The van der Waals surface area contributed by atoms with E-state index in [1.54, 1.807) is 6.92 Å². The lowest BCUT2D eigenvalue weighted by Gasteiger charge is -2.42. The Morgan fingerprint density at radius 3 is 2.36 bits per heavy atom. The first-order valence-corrected chi connectivity index (χ1v) is 9.54. The smallest absolute Gasteiger partial charge is 0.341 e. The Bertz CT molecular complexity index is 696. The zero-order chi connectivity index (χ0) is 19.2. The first-order valence-electron chi connectivity index (χ1n) is 8.72. The van der Waals surface area contributed by atoms with E-state index < -0.39 is 5.41 Å². The van der Waals surface area contributed by atoms with Crippen LogP contribution in [0.1, 0.15) is 76.2 Å². The molecule has 2 N–H and O–H groups in total. The van der Waals surface area contributed by atoms with Crippen LogP contribution in [0, 0.1) is 5.41 Å². The zero-order valence-corrected chi connectivity index (χ0v) is 17.4. The first kappa shape index (κ1) is 19.9. The van der Waals surface area contributed by atoms with Crippen molar-refractivity contribution >= 4 is 28.2 Å². The molecule has 2 heterocycles. The average molecular weight is 367 g/mol. The Labute approximate surface area is 154 Å². The highest BCUT2D eigenvalue weighted by Crippen LogP contribution is 2.45. The van der Waals surface area contributed by atoms with Gasteiger partial charge in [0.25, 0.3) is 0 Å². The number of hydrogen-bond donors (Lipinski definition) is 2. The molecule has 0 unspecified atom stereocenters. The SMILES string of the molecule is CCOC(=O)c1c(NC(=O)C(C)(C)C)sc2c1CC(C)(C)NC2(C)C. The van der Waals surface area contributed by atoms with Gasteiger partial charge in [-0.2, -0.15) is 0 Å². The van der Waals surface area contributed by atoms with E-state index in [4.69, 9.17) is 4.74 Å². The zero-order valence-electron chi connectivity index (χ0n) is 16.5. The van der Waals surface area contributed by atoms with E-state index in [1.165, 1.54) is 11.3 Å². The van der Waals surface area contributed by atoms with Crippen molar-refractivity contribution in [3.63, 3.8) is 0 Å². The summed E-state index contributed by atoms with van der Waals surface area (Å²) in [5, 5.41) is 7.19. The van der Waals surface area contributed by atoms with Gasteiger partial charge in [-0.15, -0.1) is 11.3 Å². The van der Waals surface area contributed by atoms with Crippen LogP contribution in [-0.4, -0.2) is 24.0 Å². The molecule has 1 amide bonds. The molecule has 25 heavy (non-hydrogen) atoms. The number of esters is 1. The third kappa shape index (κ3) is 4.06. The predicted octanol–water partition coefficient (Wildman–Crippen LogP) is 4.07. The Kier molecular flexibility index (Phi) is 5.10. The minimum absolute atomic E-state index is 0.110. The van der Waals surface area contributed by atoms with Gasteiger partial charge in [0.2, 0.25) is 5.91 Å². The molecule has 1 aliphatic heterocycles. The monoisotopic (exact) mass is 366 g/mol. The summed E-state index contributed by atoms with van der Waals surface area (Å²) in [7, 11) is 0. The second kappa shape index (κ2) is 6.40. The molecule has 0 radical (unpaired) electrons. The number of rotatable bonds is 3. The maximum atomic E-state index is 12.7. The lowest BCUT2D eigenvalue weighted by atomic mass is 9.81. The van der Waals surface area contributed by atoms with Gasteiger partial charge < -0.3 is 15.4 Å². The fourth-order valence-corrected chi connectivity index (χ4v) is 4.59. The minimum atomic E-state index is -0.538. The maximum absolute atomic E-state index is 12.7. The Hall–Kier alpha value is -1.40. The van der Waals surface area contributed by atoms with Crippen molar-refractivity contribution in [2.24, 2.45) is 5.41 Å². The maximum Gasteiger partial charge on any atom is 0.341 e. The number of amides is 1. The fraction of sp³-hybridized carbons (Fsp3) is 0.684. The standard InChI is InChI=1S/C19H30N2O3S/c1-9-24-15(22)12-11-10-18(5,6)21-19(7,8)13(11)25-14(12)20-16(23)17(2,3)4/h21H,9-10H2,1-8H3,(H,20,23). The summed E-state index contributed by atoms with van der Waals surface area (Å²) in [6, 6.07) is 0. The van der Waals surface area contributed by atoms with E-state index in [-0.39, 0.29) is 23.0 Å². The van der Waals surface area contributed by atoms with Crippen molar-refractivity contribution in [3.8, 4) is 0 Å². The highest BCUT2D eigenvalue weighted by atomic mass is 32.1. The molecular weight excluding hydrogens is 336 g/mol. The van der Waals surface area contributed by atoms with Crippen LogP contribution in [0.25, 0.3) is 0 Å². The quantitative estimate of drug-likeness (QED) is 0.792. The molecule has 0 spiro atoms. The van der Waals surface area contributed by atoms with E-state index in [2.05, 4.69) is 38.3 Å². The average Bonchev–Trinajstić information content (AvgIpc) is 2.74. The van der Waals surface area contributed by atoms with Crippen LogP contribution in [0.15, 0.2) is 0 Å². The fourth-order valence-electron chi connectivity index (χ4n) is 3.33. The van der Waals surface area contributed by atoms with Gasteiger partial charge in [-0.25, -0.2) is 4.79 Å². The predicted molar refractivity (Wildman–Crippen MR) is 102 cm³/mol. The van der Waals surface area contributed by atoms with E-state index in [1.807, 2.05) is 20.8 Å². The number of carbonyl (C=O) groups is 2. The Morgan fingerprint density at radius 2 is 1.84 bits per heavy atom. The van der Waals surface area contributed by atoms with Gasteiger partial charge in [-0.1, -0.05) is 20.8 Å². The van der Waals surface area contributed by atoms with E-state index in [9.17, 15) is 9.59 Å². The number of hydrogen-bond acceptors (Lipinski definition) is 5. The minimum Gasteiger partial charge on any atom is -0.462 e. The molecular formula is C19H30N2O3S. The van der Waals surface area contributed by atoms with Gasteiger partial charge in [0.15, 0.2) is 0 Å². The molecule has 2 rings (SSSR count). The number of ether oxygens (including phenoxy) is 1. The summed E-state index contributed by atoms with van der Waals surface area (Å²) in [4.78, 5) is 26.2. The molecule has 0 fully saturated rings. The molecule has 0 aromatic carbocycles. The lowest BCUT2D eigenvalue weighted by molar-refractivity contribution is -0.123. The number of thiophene rings is 1.